The van der Waals surface area contributed by atoms with Crippen LogP contribution in [-0.2, 0) is 9.13 Å². The molecular weight excluding hydrogens is 288 g/mol. The van der Waals surface area contributed by atoms with Crippen LogP contribution in [0, 0.1) is 0 Å². The predicted molar refractivity (Wildman–Crippen MR) is 65.6 cm³/mol. The third-order valence-corrected chi connectivity index (χ3v) is 6.79. The van der Waals surface area contributed by atoms with Crippen molar-refractivity contribution in [1.82, 2.24) is 4.90 Å². The maximum Gasteiger partial charge on any atom is 0.354 e. The highest BCUT2D eigenvalue weighted by molar-refractivity contribution is 8.02. The van der Waals surface area contributed by atoms with Crippen LogP contribution in [0.2, 0.25) is 0 Å². The molecule has 100 valence electrons. The van der Waals surface area contributed by atoms with E-state index in [0.717, 1.165) is 4.90 Å². The summed E-state index contributed by atoms with van der Waals surface area (Å²) in [6.45, 7) is 2.14. The van der Waals surface area contributed by atoms with E-state index < -0.39 is 20.7 Å². The highest BCUT2D eigenvalue weighted by Crippen LogP contribution is 2.61. The van der Waals surface area contributed by atoms with Crippen LogP contribution in [0.4, 0.5) is 0 Å². The van der Waals surface area contributed by atoms with E-state index in [9.17, 15) is 9.13 Å². The van der Waals surface area contributed by atoms with E-state index >= 15 is 0 Å². The fourth-order valence-corrected chi connectivity index (χ4v) is 5.16. The SMILES string of the molecule is CC1CN(C(P(=O)(O)O)P(=O)(O)O)CC=CS1. The van der Waals surface area contributed by atoms with Crippen molar-refractivity contribution in [3.63, 3.8) is 0 Å². The first-order valence-corrected chi connectivity index (χ1v) is 9.08. The molecule has 1 atom stereocenters. The van der Waals surface area contributed by atoms with Crippen LogP contribution < -0.4 is 0 Å². The van der Waals surface area contributed by atoms with Crippen molar-refractivity contribution in [3.8, 4) is 0 Å². The Hall–Kier alpha value is 0.350. The highest BCUT2D eigenvalue weighted by atomic mass is 32.2. The number of thioether (sulfide) groups is 1. The number of hydrogen-bond donors (Lipinski definition) is 4. The lowest BCUT2D eigenvalue weighted by atomic mass is 10.4. The first kappa shape index (κ1) is 15.4. The van der Waals surface area contributed by atoms with Gasteiger partial charge in [0, 0.05) is 18.3 Å². The average Bonchev–Trinajstić information content (AvgIpc) is 2.24. The standard InChI is InChI=1S/C7H15NO6P2S/c1-6-5-8(3-2-4-17-6)7(15(9,10)11)16(12,13)14/h2,4,6-7H,3,5H2,1H3,(H2,9,10,11)(H2,12,13,14). The van der Waals surface area contributed by atoms with Gasteiger partial charge in [-0.25, -0.2) is 0 Å². The summed E-state index contributed by atoms with van der Waals surface area (Å²) in [4.78, 5) is 37.5. The molecule has 1 aliphatic heterocycles. The molecule has 4 N–H and O–H groups in total. The lowest BCUT2D eigenvalue weighted by molar-refractivity contribution is 0.242. The maximum atomic E-state index is 11.2. The van der Waals surface area contributed by atoms with Crippen molar-refractivity contribution in [3.05, 3.63) is 11.5 Å². The molecule has 1 unspecified atom stereocenters. The van der Waals surface area contributed by atoms with Gasteiger partial charge in [-0.3, -0.25) is 14.0 Å². The lowest BCUT2D eigenvalue weighted by Gasteiger charge is -2.31. The zero-order valence-electron chi connectivity index (χ0n) is 9.08. The Labute approximate surface area is 103 Å². The molecule has 0 aromatic rings. The van der Waals surface area contributed by atoms with Gasteiger partial charge in [0.2, 0.25) is 5.52 Å². The Morgan fingerprint density at radius 2 is 1.82 bits per heavy atom. The molecule has 1 aliphatic rings. The molecule has 0 amide bonds. The Morgan fingerprint density at radius 3 is 2.29 bits per heavy atom. The van der Waals surface area contributed by atoms with Gasteiger partial charge in [-0.2, -0.15) is 0 Å². The van der Waals surface area contributed by atoms with Crippen LogP contribution in [0.5, 0.6) is 0 Å². The van der Waals surface area contributed by atoms with Crippen LogP contribution in [0.3, 0.4) is 0 Å². The van der Waals surface area contributed by atoms with Crippen molar-refractivity contribution in [2.75, 3.05) is 13.1 Å². The Kier molecular flexibility index (Phi) is 5.03. The van der Waals surface area contributed by atoms with Gasteiger partial charge in [-0.15, -0.1) is 11.8 Å². The van der Waals surface area contributed by atoms with Gasteiger partial charge in [0.25, 0.3) is 0 Å². The highest BCUT2D eigenvalue weighted by Gasteiger charge is 2.47. The van der Waals surface area contributed by atoms with E-state index in [1.165, 1.54) is 11.8 Å². The zero-order chi connectivity index (χ0) is 13.3. The third kappa shape index (κ3) is 4.50. The summed E-state index contributed by atoms with van der Waals surface area (Å²) >= 11 is 1.45. The van der Waals surface area contributed by atoms with E-state index in [-0.39, 0.29) is 18.3 Å². The lowest BCUT2D eigenvalue weighted by Crippen LogP contribution is -2.38. The molecule has 1 rings (SSSR count). The molecule has 7 nitrogen and oxygen atoms in total. The van der Waals surface area contributed by atoms with Gasteiger partial charge >= 0.3 is 15.2 Å². The van der Waals surface area contributed by atoms with E-state index in [4.69, 9.17) is 19.6 Å². The van der Waals surface area contributed by atoms with Crippen LogP contribution in [0.15, 0.2) is 11.5 Å². The zero-order valence-corrected chi connectivity index (χ0v) is 11.7. The second kappa shape index (κ2) is 5.55. The summed E-state index contributed by atoms with van der Waals surface area (Å²) in [5.74, 6) is 0. The summed E-state index contributed by atoms with van der Waals surface area (Å²) in [7, 11) is -9.78. The van der Waals surface area contributed by atoms with Gasteiger partial charge in [0.1, 0.15) is 0 Å². The van der Waals surface area contributed by atoms with E-state index in [1.807, 2.05) is 6.92 Å². The minimum absolute atomic E-state index is 0.00866. The fourth-order valence-electron chi connectivity index (χ4n) is 1.63. The number of hydrogen-bond acceptors (Lipinski definition) is 4. The molecule has 0 fully saturated rings. The average molecular weight is 303 g/mol. The van der Waals surface area contributed by atoms with Gasteiger partial charge in [-0.1, -0.05) is 13.0 Å². The smallest absolute Gasteiger partial charge is 0.323 e. The Bertz CT molecular complexity index is 368. The molecular formula is C7H15NO6P2S. The molecule has 0 spiro atoms. The van der Waals surface area contributed by atoms with Crippen molar-refractivity contribution >= 4 is 27.0 Å². The Balaban J connectivity index is 3.03. The van der Waals surface area contributed by atoms with Crippen molar-refractivity contribution in [2.24, 2.45) is 0 Å². The summed E-state index contributed by atoms with van der Waals surface area (Å²) in [6.07, 6.45) is 1.63. The monoisotopic (exact) mass is 303 g/mol. The molecule has 1 heterocycles. The van der Waals surface area contributed by atoms with Gasteiger partial charge in [-0.05, 0) is 5.41 Å². The molecule has 0 saturated carbocycles. The summed E-state index contributed by atoms with van der Waals surface area (Å²) in [5, 5.41) is 1.77. The van der Waals surface area contributed by atoms with Crippen LogP contribution >= 0.6 is 27.0 Å². The maximum absolute atomic E-state index is 11.2. The number of nitrogens with zero attached hydrogens (tertiary/aromatic N) is 1. The molecule has 10 heteroatoms. The van der Waals surface area contributed by atoms with E-state index in [2.05, 4.69) is 0 Å². The van der Waals surface area contributed by atoms with E-state index in [1.54, 1.807) is 11.5 Å². The molecule has 0 bridgehead atoms. The molecule has 0 aliphatic carbocycles. The van der Waals surface area contributed by atoms with Gasteiger partial charge < -0.3 is 19.6 Å². The minimum Gasteiger partial charge on any atom is -0.323 e. The predicted octanol–water partition coefficient (Wildman–Crippen LogP) is 0.576. The summed E-state index contributed by atoms with van der Waals surface area (Å²) in [6, 6.07) is 0. The van der Waals surface area contributed by atoms with Crippen molar-refractivity contribution < 1.29 is 28.7 Å². The van der Waals surface area contributed by atoms with E-state index in [0.29, 0.717) is 0 Å². The third-order valence-electron chi connectivity index (χ3n) is 2.17. The Morgan fingerprint density at radius 1 is 1.29 bits per heavy atom. The molecule has 0 aromatic carbocycles. The quantitative estimate of drug-likeness (QED) is 0.559. The fraction of sp³-hybridized carbons (Fsp3) is 0.714. The molecule has 0 saturated heterocycles. The largest absolute Gasteiger partial charge is 0.354 e. The van der Waals surface area contributed by atoms with Crippen LogP contribution in [0.25, 0.3) is 0 Å². The van der Waals surface area contributed by atoms with Crippen molar-refractivity contribution in [1.29, 1.82) is 0 Å². The first-order chi connectivity index (χ1) is 7.62. The topological polar surface area (TPSA) is 118 Å². The normalized spacial score (nSPS) is 24.0. The second-order valence-corrected chi connectivity index (χ2v) is 8.89. The summed E-state index contributed by atoms with van der Waals surface area (Å²) < 4.78 is 22.5. The van der Waals surface area contributed by atoms with Crippen LogP contribution in [0.1, 0.15) is 6.92 Å². The molecule has 17 heavy (non-hydrogen) atoms. The first-order valence-electron chi connectivity index (χ1n) is 4.77. The molecule has 0 aromatic heterocycles. The van der Waals surface area contributed by atoms with Gasteiger partial charge in [0.15, 0.2) is 0 Å². The summed E-state index contributed by atoms with van der Waals surface area (Å²) in [5.41, 5.74) is -2.05. The van der Waals surface area contributed by atoms with Crippen molar-refractivity contribution in [2.45, 2.75) is 17.7 Å². The second-order valence-electron chi connectivity index (χ2n) is 3.80. The molecule has 0 radical (unpaired) electrons. The van der Waals surface area contributed by atoms with Crippen LogP contribution in [-0.4, -0.2) is 48.3 Å². The number of rotatable bonds is 3. The minimum atomic E-state index is -4.89. The van der Waals surface area contributed by atoms with Gasteiger partial charge in [0.05, 0.1) is 0 Å².